The molecule has 186 valence electrons. The van der Waals surface area contributed by atoms with Gasteiger partial charge in [0.15, 0.2) is 0 Å². The van der Waals surface area contributed by atoms with Gasteiger partial charge in [-0.25, -0.2) is 4.39 Å². The van der Waals surface area contributed by atoms with Crippen LogP contribution in [0.1, 0.15) is 17.7 Å². The number of hydrogen-bond donors (Lipinski definition) is 3. The van der Waals surface area contributed by atoms with Gasteiger partial charge in [-0.1, -0.05) is 18.1 Å². The van der Waals surface area contributed by atoms with E-state index in [0.29, 0.717) is 35.2 Å². The highest BCUT2D eigenvalue weighted by Gasteiger charge is 2.31. The first-order valence-corrected chi connectivity index (χ1v) is 11.4. The summed E-state index contributed by atoms with van der Waals surface area (Å²) in [5.74, 6) is 5.76. The van der Waals surface area contributed by atoms with E-state index in [9.17, 15) is 22.7 Å². The quantitative estimate of drug-likeness (QED) is 0.265. The molecule has 9 heteroatoms. The number of benzene rings is 2. The number of fused-ring (bicyclic) bond motifs is 1. The Kier molecular flexibility index (Phi) is 7.13. The molecule has 0 spiro atoms. The van der Waals surface area contributed by atoms with Crippen LogP contribution in [0.25, 0.3) is 10.9 Å². The van der Waals surface area contributed by atoms with E-state index >= 15 is 0 Å². The maximum absolute atomic E-state index is 14.6. The highest BCUT2D eigenvalue weighted by molar-refractivity contribution is 5.94. The number of aromatic nitrogens is 1. The number of phenols is 1. The fourth-order valence-electron chi connectivity index (χ4n) is 4.35. The van der Waals surface area contributed by atoms with Crippen molar-refractivity contribution in [1.82, 2.24) is 9.47 Å². The molecule has 2 unspecified atom stereocenters. The predicted octanol–water partition coefficient (Wildman–Crippen LogP) is 5.14. The van der Waals surface area contributed by atoms with Crippen molar-refractivity contribution < 1.29 is 22.7 Å². The number of likely N-dealkylation sites (tertiary alicyclic amines) is 1. The van der Waals surface area contributed by atoms with Crippen LogP contribution in [0.15, 0.2) is 42.5 Å². The Balaban J connectivity index is 1.61. The van der Waals surface area contributed by atoms with E-state index in [1.54, 1.807) is 36.4 Å². The first kappa shape index (κ1) is 24.7. The number of rotatable bonds is 5. The fourth-order valence-corrected chi connectivity index (χ4v) is 4.35. The third kappa shape index (κ3) is 6.01. The summed E-state index contributed by atoms with van der Waals surface area (Å²) in [4.78, 5) is 1.92. The van der Waals surface area contributed by atoms with E-state index in [-0.39, 0.29) is 18.0 Å². The second-order valence-electron chi connectivity index (χ2n) is 8.96. The lowest BCUT2D eigenvalue weighted by atomic mass is 10.0. The number of halogens is 4. The summed E-state index contributed by atoms with van der Waals surface area (Å²) >= 11 is 0. The van der Waals surface area contributed by atoms with E-state index in [1.807, 2.05) is 24.9 Å². The number of aromatic hydroxyl groups is 1. The number of anilines is 2. The van der Waals surface area contributed by atoms with Gasteiger partial charge in [0.2, 0.25) is 0 Å². The number of phenolic OH excluding ortho intramolecular Hbond substituents is 1. The normalized spacial score (nSPS) is 18.8. The summed E-state index contributed by atoms with van der Waals surface area (Å²) in [6.45, 7) is 1.85. The van der Waals surface area contributed by atoms with Crippen LogP contribution in [-0.2, 0) is 6.54 Å². The molecule has 2 atom stereocenters. The number of nitrogens with one attached hydrogen (secondary N) is 2. The molecule has 0 radical (unpaired) electrons. The molecular formula is C26H28F4N4O. The number of hydrogen-bond acceptors (Lipinski definition) is 4. The zero-order chi connectivity index (χ0) is 25.2. The molecule has 5 nitrogen and oxygen atoms in total. The van der Waals surface area contributed by atoms with Crippen LogP contribution in [0.2, 0.25) is 0 Å². The van der Waals surface area contributed by atoms with Crippen molar-refractivity contribution in [3.8, 4) is 17.6 Å². The van der Waals surface area contributed by atoms with Crippen LogP contribution < -0.4 is 10.6 Å². The third-order valence-electron chi connectivity index (χ3n) is 6.11. The molecule has 0 amide bonds. The van der Waals surface area contributed by atoms with Crippen LogP contribution in [-0.4, -0.2) is 59.6 Å². The fraction of sp³-hybridized carbons (Fsp3) is 0.385. The molecule has 2 heterocycles. The summed E-state index contributed by atoms with van der Waals surface area (Å²) in [7, 11) is 1.86. The maximum Gasteiger partial charge on any atom is 0.406 e. The Bertz CT molecular complexity index is 1260. The molecule has 4 rings (SSSR count). The van der Waals surface area contributed by atoms with Gasteiger partial charge in [0, 0.05) is 24.2 Å². The minimum absolute atomic E-state index is 0.0776. The number of nitrogens with zero attached hydrogens (tertiary/aromatic N) is 2. The first-order chi connectivity index (χ1) is 16.6. The SMILES string of the molecule is Cc1ccc(NCC#Cc2cc3c(NC4CCN(C)CC4F)cccc3n2CC(F)(F)F)c(O)c1. The van der Waals surface area contributed by atoms with Crippen molar-refractivity contribution in [3.63, 3.8) is 0 Å². The Labute approximate surface area is 201 Å². The van der Waals surface area contributed by atoms with Crippen LogP contribution >= 0.6 is 0 Å². The van der Waals surface area contributed by atoms with Gasteiger partial charge >= 0.3 is 6.18 Å². The van der Waals surface area contributed by atoms with Crippen molar-refractivity contribution in [3.05, 3.63) is 53.7 Å². The van der Waals surface area contributed by atoms with Crippen LogP contribution in [0.4, 0.5) is 28.9 Å². The van der Waals surface area contributed by atoms with Gasteiger partial charge < -0.3 is 25.2 Å². The zero-order valence-corrected chi connectivity index (χ0v) is 19.6. The molecule has 0 saturated carbocycles. The van der Waals surface area contributed by atoms with Crippen molar-refractivity contribution in [1.29, 1.82) is 0 Å². The van der Waals surface area contributed by atoms with Crippen molar-refractivity contribution in [2.24, 2.45) is 0 Å². The average molecular weight is 489 g/mol. The van der Waals surface area contributed by atoms with Crippen LogP contribution in [0.3, 0.4) is 0 Å². The smallest absolute Gasteiger partial charge is 0.406 e. The average Bonchev–Trinajstić information content (AvgIpc) is 3.11. The Morgan fingerprint density at radius 2 is 1.94 bits per heavy atom. The van der Waals surface area contributed by atoms with Crippen LogP contribution in [0.5, 0.6) is 5.75 Å². The third-order valence-corrected chi connectivity index (χ3v) is 6.11. The van der Waals surface area contributed by atoms with Gasteiger partial charge in [-0.05, 0) is 62.2 Å². The van der Waals surface area contributed by atoms with E-state index in [1.165, 1.54) is 0 Å². The molecule has 1 saturated heterocycles. The molecule has 1 aliphatic rings. The van der Waals surface area contributed by atoms with Gasteiger partial charge in [-0.15, -0.1) is 0 Å². The summed E-state index contributed by atoms with van der Waals surface area (Å²) in [5.41, 5.74) is 2.57. The van der Waals surface area contributed by atoms with Crippen molar-refractivity contribution in [2.45, 2.75) is 38.3 Å². The molecule has 3 N–H and O–H groups in total. The van der Waals surface area contributed by atoms with E-state index in [4.69, 9.17) is 0 Å². The molecule has 1 fully saturated rings. The molecule has 2 aromatic carbocycles. The molecular weight excluding hydrogens is 460 g/mol. The standard InChI is InChI=1S/C26H28F4N4O/c1-17-8-9-23(25(35)13-17)31-11-4-5-18-14-19-21(32-22-10-12-33(2)15-20(22)27)6-3-7-24(19)34(18)16-26(28,29)30/h3,6-9,13-14,20,22,31-32,35H,10-12,15-16H2,1-2H3. The summed E-state index contributed by atoms with van der Waals surface area (Å²) < 4.78 is 55.9. The second kappa shape index (κ2) is 10.1. The van der Waals surface area contributed by atoms with Crippen molar-refractivity contribution >= 4 is 22.3 Å². The van der Waals surface area contributed by atoms with Gasteiger partial charge in [-0.2, -0.15) is 13.2 Å². The van der Waals surface area contributed by atoms with Crippen molar-refractivity contribution in [2.75, 3.05) is 37.3 Å². The number of piperidine rings is 1. The van der Waals surface area contributed by atoms with E-state index in [2.05, 4.69) is 22.5 Å². The minimum Gasteiger partial charge on any atom is -0.506 e. The Hall–Kier alpha value is -3.38. The molecule has 0 aliphatic carbocycles. The molecule has 35 heavy (non-hydrogen) atoms. The lowest BCUT2D eigenvalue weighted by molar-refractivity contribution is -0.140. The monoisotopic (exact) mass is 488 g/mol. The topological polar surface area (TPSA) is 52.5 Å². The molecule has 3 aromatic rings. The molecule has 1 aromatic heterocycles. The Morgan fingerprint density at radius 3 is 2.66 bits per heavy atom. The summed E-state index contributed by atoms with van der Waals surface area (Å²) in [6, 6.07) is 11.4. The largest absolute Gasteiger partial charge is 0.506 e. The van der Waals surface area contributed by atoms with Gasteiger partial charge in [0.25, 0.3) is 0 Å². The highest BCUT2D eigenvalue weighted by Crippen LogP contribution is 2.31. The Morgan fingerprint density at radius 1 is 1.14 bits per heavy atom. The molecule has 1 aliphatic heterocycles. The predicted molar refractivity (Wildman–Crippen MR) is 131 cm³/mol. The summed E-state index contributed by atoms with van der Waals surface area (Å²) in [5, 5.41) is 16.7. The number of aryl methyl sites for hydroxylation is 1. The first-order valence-electron chi connectivity index (χ1n) is 11.4. The summed E-state index contributed by atoms with van der Waals surface area (Å²) in [6.07, 6.45) is -4.91. The van der Waals surface area contributed by atoms with Gasteiger partial charge in [0.1, 0.15) is 18.5 Å². The number of alkyl halides is 4. The highest BCUT2D eigenvalue weighted by atomic mass is 19.4. The maximum atomic E-state index is 14.6. The van der Waals surface area contributed by atoms with Crippen LogP contribution in [0, 0.1) is 18.8 Å². The molecule has 0 bridgehead atoms. The van der Waals surface area contributed by atoms with Gasteiger partial charge in [0.05, 0.1) is 29.5 Å². The van der Waals surface area contributed by atoms with E-state index in [0.717, 1.165) is 16.7 Å². The lowest BCUT2D eigenvalue weighted by Crippen LogP contribution is -2.46. The van der Waals surface area contributed by atoms with Gasteiger partial charge in [-0.3, -0.25) is 0 Å². The second-order valence-corrected chi connectivity index (χ2v) is 8.96. The zero-order valence-electron chi connectivity index (χ0n) is 19.6. The lowest BCUT2D eigenvalue weighted by Gasteiger charge is -2.33. The minimum atomic E-state index is -4.43. The van der Waals surface area contributed by atoms with E-state index < -0.39 is 24.9 Å².